The highest BCUT2D eigenvalue weighted by Crippen LogP contribution is 2.21. The molecule has 0 fully saturated rings. The maximum Gasteiger partial charge on any atom is 0.255 e. The molecule has 0 aliphatic heterocycles. The Bertz CT molecular complexity index is 367. The number of rotatable bonds is 6. The number of primary amides is 1. The van der Waals surface area contributed by atoms with Gasteiger partial charge in [-0.2, -0.15) is 0 Å². The van der Waals surface area contributed by atoms with Gasteiger partial charge in [0.2, 0.25) is 5.91 Å². The van der Waals surface area contributed by atoms with E-state index >= 15 is 0 Å². The summed E-state index contributed by atoms with van der Waals surface area (Å²) in [6, 6.07) is 0. The normalized spacial score (nSPS) is 14.7. The first-order valence-corrected chi connectivity index (χ1v) is 6.06. The lowest BCUT2D eigenvalue weighted by atomic mass is 10.1. The summed E-state index contributed by atoms with van der Waals surface area (Å²) in [5.74, 6) is 0.126. The van der Waals surface area contributed by atoms with Crippen LogP contribution in [0.15, 0.2) is 15.9 Å². The molecule has 0 aliphatic rings. The van der Waals surface area contributed by atoms with Crippen molar-refractivity contribution in [3.63, 3.8) is 0 Å². The Morgan fingerprint density at radius 2 is 2.44 bits per heavy atom. The van der Waals surface area contributed by atoms with E-state index in [9.17, 15) is 4.79 Å². The summed E-state index contributed by atoms with van der Waals surface area (Å²) in [6.45, 7) is 6.25. The average Bonchev–Trinajstić information content (AvgIpc) is 2.61. The Hall–Kier alpha value is -1.01. The Balaban J connectivity index is 2.60. The standard InChI is InChI=1S/C10H17N3O2S/c1-4-12-10(3,8(11)14)6-16-9-13-7(2)5-15-9/h5,12H,4,6H2,1-3H3,(H2,11,14). The summed E-state index contributed by atoms with van der Waals surface area (Å²) in [4.78, 5) is 15.5. The molecule has 0 spiro atoms. The van der Waals surface area contributed by atoms with Gasteiger partial charge in [-0.05, 0) is 20.4 Å². The maximum atomic E-state index is 11.3. The van der Waals surface area contributed by atoms with Gasteiger partial charge in [-0.15, -0.1) is 0 Å². The lowest BCUT2D eigenvalue weighted by molar-refractivity contribution is -0.122. The number of hydrogen-bond acceptors (Lipinski definition) is 5. The molecule has 0 saturated carbocycles. The fourth-order valence-corrected chi connectivity index (χ4v) is 2.19. The van der Waals surface area contributed by atoms with E-state index in [0.29, 0.717) is 17.5 Å². The third-order valence-electron chi connectivity index (χ3n) is 2.19. The van der Waals surface area contributed by atoms with Crippen molar-refractivity contribution in [3.8, 4) is 0 Å². The van der Waals surface area contributed by atoms with Gasteiger partial charge in [0, 0.05) is 5.75 Å². The Kier molecular flexibility index (Phi) is 4.37. The quantitative estimate of drug-likeness (QED) is 0.726. The minimum Gasteiger partial charge on any atom is -0.440 e. The van der Waals surface area contributed by atoms with Gasteiger partial charge < -0.3 is 15.5 Å². The number of carbonyl (C=O) groups is 1. The smallest absolute Gasteiger partial charge is 0.255 e. The van der Waals surface area contributed by atoms with Crippen molar-refractivity contribution in [2.75, 3.05) is 12.3 Å². The van der Waals surface area contributed by atoms with E-state index in [4.69, 9.17) is 10.2 Å². The van der Waals surface area contributed by atoms with Crippen LogP contribution < -0.4 is 11.1 Å². The van der Waals surface area contributed by atoms with Crippen LogP contribution in [0.1, 0.15) is 19.5 Å². The molecule has 1 aromatic heterocycles. The summed E-state index contributed by atoms with van der Waals surface area (Å²) in [6.07, 6.45) is 1.58. The molecule has 0 aromatic carbocycles. The van der Waals surface area contributed by atoms with Crippen LogP contribution >= 0.6 is 11.8 Å². The molecule has 0 aliphatic carbocycles. The second kappa shape index (κ2) is 5.36. The van der Waals surface area contributed by atoms with Crippen molar-refractivity contribution in [1.82, 2.24) is 10.3 Å². The van der Waals surface area contributed by atoms with E-state index in [1.165, 1.54) is 11.8 Å². The Labute approximate surface area is 99.2 Å². The average molecular weight is 243 g/mol. The van der Waals surface area contributed by atoms with Crippen LogP contribution in [0.5, 0.6) is 0 Å². The minimum atomic E-state index is -0.734. The summed E-state index contributed by atoms with van der Waals surface area (Å²) in [5, 5.41) is 3.63. The number of aryl methyl sites for hydroxylation is 1. The lowest BCUT2D eigenvalue weighted by Gasteiger charge is -2.25. The summed E-state index contributed by atoms with van der Waals surface area (Å²) in [5.41, 5.74) is 5.45. The SMILES string of the molecule is CCNC(C)(CSc1nc(C)co1)C(N)=O. The van der Waals surface area contributed by atoms with Crippen molar-refractivity contribution < 1.29 is 9.21 Å². The number of nitrogens with two attached hydrogens (primary N) is 1. The van der Waals surface area contributed by atoms with Crippen LogP contribution in [-0.2, 0) is 4.79 Å². The molecule has 1 unspecified atom stereocenters. The van der Waals surface area contributed by atoms with Crippen molar-refractivity contribution in [1.29, 1.82) is 0 Å². The molecule has 1 amide bonds. The number of amides is 1. The lowest BCUT2D eigenvalue weighted by Crippen LogP contribution is -2.55. The maximum absolute atomic E-state index is 11.3. The van der Waals surface area contributed by atoms with Gasteiger partial charge in [-0.1, -0.05) is 18.7 Å². The first kappa shape index (κ1) is 13.1. The molecule has 0 radical (unpaired) electrons. The van der Waals surface area contributed by atoms with Crippen molar-refractivity contribution in [2.45, 2.75) is 31.5 Å². The van der Waals surface area contributed by atoms with E-state index in [2.05, 4.69) is 10.3 Å². The zero-order valence-electron chi connectivity index (χ0n) is 9.74. The van der Waals surface area contributed by atoms with Crippen LogP contribution in [0.4, 0.5) is 0 Å². The van der Waals surface area contributed by atoms with Crippen LogP contribution in [0.3, 0.4) is 0 Å². The van der Waals surface area contributed by atoms with Gasteiger partial charge in [-0.25, -0.2) is 4.98 Å². The monoisotopic (exact) mass is 243 g/mol. The number of nitrogens with one attached hydrogen (secondary N) is 1. The van der Waals surface area contributed by atoms with Gasteiger partial charge in [0.15, 0.2) is 0 Å². The first-order valence-electron chi connectivity index (χ1n) is 5.08. The van der Waals surface area contributed by atoms with Crippen LogP contribution in [-0.4, -0.2) is 28.7 Å². The van der Waals surface area contributed by atoms with E-state index in [0.717, 1.165) is 5.69 Å². The van der Waals surface area contributed by atoms with Gasteiger partial charge in [0.05, 0.1) is 5.69 Å². The van der Waals surface area contributed by atoms with E-state index in [1.54, 1.807) is 13.2 Å². The number of hydrogen-bond donors (Lipinski definition) is 2. The van der Waals surface area contributed by atoms with E-state index in [-0.39, 0.29) is 5.91 Å². The van der Waals surface area contributed by atoms with Crippen LogP contribution in [0, 0.1) is 6.92 Å². The Morgan fingerprint density at radius 1 is 1.75 bits per heavy atom. The molecular weight excluding hydrogens is 226 g/mol. The van der Waals surface area contributed by atoms with Crippen molar-refractivity contribution in [3.05, 3.63) is 12.0 Å². The number of likely N-dealkylation sites (N-methyl/N-ethyl adjacent to an activating group) is 1. The van der Waals surface area contributed by atoms with Crippen molar-refractivity contribution >= 4 is 17.7 Å². The number of thioether (sulfide) groups is 1. The molecular formula is C10H17N3O2S. The summed E-state index contributed by atoms with van der Waals surface area (Å²) < 4.78 is 5.19. The molecule has 1 aromatic rings. The van der Waals surface area contributed by atoms with Crippen LogP contribution in [0.25, 0.3) is 0 Å². The molecule has 3 N–H and O–H groups in total. The molecule has 90 valence electrons. The molecule has 1 heterocycles. The highest BCUT2D eigenvalue weighted by molar-refractivity contribution is 7.99. The first-order chi connectivity index (χ1) is 7.48. The van der Waals surface area contributed by atoms with E-state index < -0.39 is 5.54 Å². The predicted octanol–water partition coefficient (Wildman–Crippen LogP) is 0.929. The van der Waals surface area contributed by atoms with Gasteiger partial charge >= 0.3 is 0 Å². The molecule has 5 nitrogen and oxygen atoms in total. The number of aromatic nitrogens is 1. The van der Waals surface area contributed by atoms with Gasteiger partial charge in [-0.3, -0.25) is 4.79 Å². The second-order valence-corrected chi connectivity index (χ2v) is 4.70. The summed E-state index contributed by atoms with van der Waals surface area (Å²) >= 11 is 1.38. The fraction of sp³-hybridized carbons (Fsp3) is 0.600. The molecule has 0 bridgehead atoms. The molecule has 1 atom stereocenters. The third kappa shape index (κ3) is 3.24. The molecule has 1 rings (SSSR count). The van der Waals surface area contributed by atoms with Crippen molar-refractivity contribution in [2.24, 2.45) is 5.73 Å². The molecule has 0 saturated heterocycles. The highest BCUT2D eigenvalue weighted by Gasteiger charge is 2.30. The topological polar surface area (TPSA) is 81.2 Å². The van der Waals surface area contributed by atoms with E-state index in [1.807, 2.05) is 13.8 Å². The van der Waals surface area contributed by atoms with Gasteiger partial charge in [0.1, 0.15) is 11.8 Å². The predicted molar refractivity (Wildman–Crippen MR) is 63.2 cm³/mol. The molecule has 6 heteroatoms. The number of oxazole rings is 1. The third-order valence-corrected chi connectivity index (χ3v) is 3.35. The summed E-state index contributed by atoms with van der Waals surface area (Å²) in [7, 11) is 0. The van der Waals surface area contributed by atoms with Gasteiger partial charge in [0.25, 0.3) is 5.22 Å². The minimum absolute atomic E-state index is 0.370. The number of nitrogens with zero attached hydrogens (tertiary/aromatic N) is 1. The zero-order valence-corrected chi connectivity index (χ0v) is 10.6. The highest BCUT2D eigenvalue weighted by atomic mass is 32.2. The number of carbonyl (C=O) groups excluding carboxylic acids is 1. The Morgan fingerprint density at radius 3 is 2.88 bits per heavy atom. The fourth-order valence-electron chi connectivity index (χ4n) is 1.20. The largest absolute Gasteiger partial charge is 0.440 e. The second-order valence-electron chi connectivity index (χ2n) is 3.77. The molecule has 16 heavy (non-hydrogen) atoms. The van der Waals surface area contributed by atoms with Crippen LogP contribution in [0.2, 0.25) is 0 Å². The zero-order chi connectivity index (χ0) is 12.2.